The fourth-order valence-electron chi connectivity index (χ4n) is 1.97. The zero-order valence-electron chi connectivity index (χ0n) is 10.6. The minimum atomic E-state index is -1.00. The quantitative estimate of drug-likeness (QED) is 0.913. The van der Waals surface area contributed by atoms with Crippen molar-refractivity contribution >= 4 is 21.9 Å². The van der Waals surface area contributed by atoms with Crippen molar-refractivity contribution in [2.24, 2.45) is 0 Å². The van der Waals surface area contributed by atoms with Crippen LogP contribution >= 0.6 is 15.9 Å². The summed E-state index contributed by atoms with van der Waals surface area (Å²) < 4.78 is 11.9. The van der Waals surface area contributed by atoms with Gasteiger partial charge in [-0.2, -0.15) is 0 Å². The van der Waals surface area contributed by atoms with Crippen LogP contribution in [0.4, 0.5) is 0 Å². The van der Waals surface area contributed by atoms with E-state index in [0.29, 0.717) is 23.4 Å². The molecule has 1 aromatic carbocycles. The third-order valence-corrected chi connectivity index (χ3v) is 3.58. The van der Waals surface area contributed by atoms with Gasteiger partial charge in [0.15, 0.2) is 0 Å². The lowest BCUT2D eigenvalue weighted by Crippen LogP contribution is -2.42. The summed E-state index contributed by atoms with van der Waals surface area (Å²) in [5.41, 5.74) is 0.151. The van der Waals surface area contributed by atoms with E-state index < -0.39 is 5.97 Å². The highest BCUT2D eigenvalue weighted by Crippen LogP contribution is 2.29. The number of carbonyl (C=O) groups is 1. The number of para-hydroxylation sites is 1. The number of halogens is 1. The first-order chi connectivity index (χ1) is 9.08. The number of benzene rings is 1. The summed E-state index contributed by atoms with van der Waals surface area (Å²) in [6.45, 7) is 2.71. The molecule has 1 unspecified atom stereocenters. The molecule has 104 valence electrons. The molecule has 0 aromatic heterocycles. The Kier molecular flexibility index (Phi) is 4.79. The number of nitrogens with zero attached hydrogens (tertiary/aromatic N) is 1. The molecule has 1 aromatic rings. The normalized spacial score (nSPS) is 20.2. The van der Waals surface area contributed by atoms with Gasteiger partial charge in [-0.05, 0) is 35.1 Å². The fourth-order valence-corrected chi connectivity index (χ4v) is 2.45. The molecule has 1 aliphatic rings. The second-order valence-electron chi connectivity index (χ2n) is 4.49. The van der Waals surface area contributed by atoms with Crippen LogP contribution in [0.25, 0.3) is 0 Å². The number of morpholine rings is 1. The van der Waals surface area contributed by atoms with E-state index in [1.54, 1.807) is 12.1 Å². The Labute approximate surface area is 120 Å². The Hall–Kier alpha value is -1.11. The van der Waals surface area contributed by atoms with E-state index in [-0.39, 0.29) is 11.7 Å². The van der Waals surface area contributed by atoms with Crippen molar-refractivity contribution < 1.29 is 19.4 Å². The number of carboxylic acid groups (broad SMARTS) is 1. The molecule has 0 radical (unpaired) electrons. The van der Waals surface area contributed by atoms with Crippen molar-refractivity contribution in [2.75, 3.05) is 33.4 Å². The minimum absolute atomic E-state index is 0.0347. The Morgan fingerprint density at radius 1 is 1.63 bits per heavy atom. The van der Waals surface area contributed by atoms with Gasteiger partial charge in [0, 0.05) is 13.1 Å². The van der Waals surface area contributed by atoms with Crippen molar-refractivity contribution in [1.82, 2.24) is 4.90 Å². The maximum absolute atomic E-state index is 11.1. The monoisotopic (exact) mass is 329 g/mol. The van der Waals surface area contributed by atoms with E-state index in [9.17, 15) is 4.79 Å². The first-order valence-corrected chi connectivity index (χ1v) is 6.82. The lowest BCUT2D eigenvalue weighted by atomic mass is 10.2. The molecule has 0 spiro atoms. The molecule has 1 saturated heterocycles. The van der Waals surface area contributed by atoms with Crippen LogP contribution in [0, 0.1) is 0 Å². The topological polar surface area (TPSA) is 59.0 Å². The Morgan fingerprint density at radius 2 is 2.42 bits per heavy atom. The van der Waals surface area contributed by atoms with Crippen molar-refractivity contribution in [1.29, 1.82) is 0 Å². The average molecular weight is 330 g/mol. The van der Waals surface area contributed by atoms with E-state index in [4.69, 9.17) is 14.6 Å². The third-order valence-electron chi connectivity index (χ3n) is 2.95. The van der Waals surface area contributed by atoms with E-state index in [1.807, 2.05) is 7.05 Å². The molecule has 1 N–H and O–H groups in total. The predicted molar refractivity (Wildman–Crippen MR) is 73.8 cm³/mol. The second kappa shape index (κ2) is 6.36. The lowest BCUT2D eigenvalue weighted by molar-refractivity contribution is -0.0406. The molecule has 0 amide bonds. The van der Waals surface area contributed by atoms with Crippen LogP contribution < -0.4 is 4.74 Å². The Bertz CT molecular complexity index is 466. The number of hydrogen-bond donors (Lipinski definition) is 1. The van der Waals surface area contributed by atoms with Gasteiger partial charge in [0.2, 0.25) is 0 Å². The van der Waals surface area contributed by atoms with Crippen LogP contribution in [-0.4, -0.2) is 55.4 Å². The van der Waals surface area contributed by atoms with Gasteiger partial charge in [-0.1, -0.05) is 6.07 Å². The van der Waals surface area contributed by atoms with Crippen LogP contribution in [0.15, 0.2) is 22.7 Å². The van der Waals surface area contributed by atoms with Crippen molar-refractivity contribution in [2.45, 2.75) is 6.10 Å². The van der Waals surface area contributed by atoms with Gasteiger partial charge in [0.1, 0.15) is 24.0 Å². The molecule has 1 fully saturated rings. The van der Waals surface area contributed by atoms with E-state index in [2.05, 4.69) is 20.8 Å². The molecule has 1 aliphatic heterocycles. The Balaban J connectivity index is 2.04. The molecule has 6 heteroatoms. The average Bonchev–Trinajstić information content (AvgIpc) is 2.37. The van der Waals surface area contributed by atoms with Crippen LogP contribution in [-0.2, 0) is 4.74 Å². The summed E-state index contributed by atoms with van der Waals surface area (Å²) in [5, 5.41) is 9.13. The maximum Gasteiger partial charge on any atom is 0.339 e. The largest absolute Gasteiger partial charge is 0.489 e. The minimum Gasteiger partial charge on any atom is -0.489 e. The van der Waals surface area contributed by atoms with E-state index >= 15 is 0 Å². The smallest absolute Gasteiger partial charge is 0.339 e. The van der Waals surface area contributed by atoms with Crippen molar-refractivity contribution in [3.8, 4) is 5.75 Å². The summed E-state index contributed by atoms with van der Waals surface area (Å²) in [6, 6.07) is 4.96. The summed E-state index contributed by atoms with van der Waals surface area (Å²) >= 11 is 3.31. The first kappa shape index (κ1) is 14.3. The maximum atomic E-state index is 11.1. The molecule has 0 bridgehead atoms. The Morgan fingerprint density at radius 3 is 3.11 bits per heavy atom. The number of aromatic carboxylic acids is 1. The lowest BCUT2D eigenvalue weighted by Gasteiger charge is -2.30. The summed E-state index contributed by atoms with van der Waals surface area (Å²) in [6.07, 6.45) is -0.0347. The molecule has 0 aliphatic carbocycles. The summed E-state index contributed by atoms with van der Waals surface area (Å²) in [4.78, 5) is 13.3. The molecule has 1 heterocycles. The molecule has 1 atom stereocenters. The van der Waals surface area contributed by atoms with Gasteiger partial charge in [0.25, 0.3) is 0 Å². The number of hydrogen-bond acceptors (Lipinski definition) is 4. The van der Waals surface area contributed by atoms with Gasteiger partial charge < -0.3 is 19.5 Å². The molecular formula is C13H16BrNO4. The van der Waals surface area contributed by atoms with Gasteiger partial charge in [0.05, 0.1) is 11.1 Å². The molecular weight excluding hydrogens is 314 g/mol. The summed E-state index contributed by atoms with van der Waals surface area (Å²) in [7, 11) is 2.02. The van der Waals surface area contributed by atoms with Crippen molar-refractivity contribution in [3.05, 3.63) is 28.2 Å². The third kappa shape index (κ3) is 3.68. The number of carboxylic acids is 1. The predicted octanol–water partition coefficient (Wildman–Crippen LogP) is 1.86. The van der Waals surface area contributed by atoms with E-state index in [1.165, 1.54) is 6.07 Å². The molecule has 0 saturated carbocycles. The first-order valence-electron chi connectivity index (χ1n) is 6.02. The van der Waals surface area contributed by atoms with Gasteiger partial charge in [-0.3, -0.25) is 0 Å². The molecule has 5 nitrogen and oxygen atoms in total. The van der Waals surface area contributed by atoms with Gasteiger partial charge in [-0.25, -0.2) is 4.79 Å². The zero-order valence-corrected chi connectivity index (χ0v) is 12.2. The second-order valence-corrected chi connectivity index (χ2v) is 5.34. The highest BCUT2D eigenvalue weighted by atomic mass is 79.9. The fraction of sp³-hybridized carbons (Fsp3) is 0.462. The molecule has 2 rings (SSSR count). The van der Waals surface area contributed by atoms with Crippen LogP contribution in [0.2, 0.25) is 0 Å². The zero-order chi connectivity index (χ0) is 13.8. The highest BCUT2D eigenvalue weighted by Gasteiger charge is 2.20. The SMILES string of the molecule is CN1CCOC(COc2c(Br)cccc2C(=O)O)C1. The summed E-state index contributed by atoms with van der Waals surface area (Å²) in [5.74, 6) is -0.648. The number of ether oxygens (including phenoxy) is 2. The van der Waals surface area contributed by atoms with Crippen LogP contribution in [0.1, 0.15) is 10.4 Å². The van der Waals surface area contributed by atoms with Crippen LogP contribution in [0.3, 0.4) is 0 Å². The standard InChI is InChI=1S/C13H16BrNO4/c1-15-5-6-18-9(7-15)8-19-12-10(13(16)17)3-2-4-11(12)14/h2-4,9H,5-8H2,1H3,(H,16,17). The highest BCUT2D eigenvalue weighted by molar-refractivity contribution is 9.10. The number of rotatable bonds is 4. The van der Waals surface area contributed by atoms with Gasteiger partial charge in [-0.15, -0.1) is 0 Å². The van der Waals surface area contributed by atoms with Gasteiger partial charge >= 0.3 is 5.97 Å². The van der Waals surface area contributed by atoms with Crippen molar-refractivity contribution in [3.63, 3.8) is 0 Å². The van der Waals surface area contributed by atoms with E-state index in [0.717, 1.165) is 13.1 Å². The number of likely N-dealkylation sites (N-methyl/N-ethyl adjacent to an activating group) is 1. The molecule has 19 heavy (non-hydrogen) atoms. The van der Waals surface area contributed by atoms with Crippen LogP contribution in [0.5, 0.6) is 5.75 Å².